The number of anilines is 1. The smallest absolute Gasteiger partial charge is 0.253 e. The van der Waals surface area contributed by atoms with E-state index in [1.165, 1.54) is 0 Å². The summed E-state index contributed by atoms with van der Waals surface area (Å²) in [5, 5.41) is 11.6. The van der Waals surface area contributed by atoms with Crippen molar-refractivity contribution in [3.63, 3.8) is 0 Å². The van der Waals surface area contributed by atoms with Crippen LogP contribution in [0, 0.1) is 0 Å². The summed E-state index contributed by atoms with van der Waals surface area (Å²) in [6.07, 6.45) is 0. The van der Waals surface area contributed by atoms with Crippen molar-refractivity contribution in [3.05, 3.63) is 28.8 Å². The van der Waals surface area contributed by atoms with Gasteiger partial charge >= 0.3 is 0 Å². The Kier molecular flexibility index (Phi) is 3.94. The highest BCUT2D eigenvalue weighted by molar-refractivity contribution is 6.36. The van der Waals surface area contributed by atoms with Crippen molar-refractivity contribution in [1.29, 1.82) is 0 Å². The van der Waals surface area contributed by atoms with E-state index in [0.29, 0.717) is 11.3 Å². The summed E-state index contributed by atoms with van der Waals surface area (Å²) in [5.74, 6) is -0.339. The Bertz CT molecular complexity index is 368. The minimum atomic E-state index is -0.339. The highest BCUT2D eigenvalue weighted by atomic mass is 35.5. The van der Waals surface area contributed by atoms with E-state index in [1.807, 2.05) is 0 Å². The summed E-state index contributed by atoms with van der Waals surface area (Å²) in [6, 6.07) is 4.54. The molecule has 0 radical (unpaired) electrons. The monoisotopic (exact) mass is 228 g/mol. The number of rotatable bonds is 3. The van der Waals surface area contributed by atoms with Crippen LogP contribution in [0.15, 0.2) is 18.2 Å². The maximum Gasteiger partial charge on any atom is 0.253 e. The summed E-state index contributed by atoms with van der Waals surface area (Å²) < 4.78 is 0. The van der Waals surface area contributed by atoms with Gasteiger partial charge in [0.25, 0.3) is 5.91 Å². The van der Waals surface area contributed by atoms with Gasteiger partial charge in [-0.15, -0.1) is 0 Å². The number of amides is 1. The molecule has 0 bridgehead atoms. The average molecular weight is 229 g/mol. The van der Waals surface area contributed by atoms with E-state index in [9.17, 15) is 4.79 Å². The molecule has 0 aromatic heterocycles. The Hall–Kier alpha value is -1.26. The Labute approximate surface area is 93.0 Å². The normalized spacial score (nSPS) is 12.2. The molecule has 0 saturated carbocycles. The zero-order valence-electron chi connectivity index (χ0n) is 8.33. The van der Waals surface area contributed by atoms with E-state index < -0.39 is 0 Å². The first-order valence-corrected chi connectivity index (χ1v) is 4.89. The van der Waals surface area contributed by atoms with Crippen LogP contribution in [0.3, 0.4) is 0 Å². The van der Waals surface area contributed by atoms with Crippen LogP contribution in [0.2, 0.25) is 5.02 Å². The predicted molar refractivity (Wildman–Crippen MR) is 59.9 cm³/mol. The molecule has 0 heterocycles. The van der Waals surface area contributed by atoms with Crippen LogP contribution in [0.5, 0.6) is 0 Å². The van der Waals surface area contributed by atoms with Crippen molar-refractivity contribution in [3.8, 4) is 0 Å². The number of carbonyl (C=O) groups is 1. The fraction of sp³-hybridized carbons (Fsp3) is 0.300. The molecule has 4 nitrogen and oxygen atoms in total. The van der Waals surface area contributed by atoms with Crippen molar-refractivity contribution in [2.75, 3.05) is 12.3 Å². The van der Waals surface area contributed by atoms with E-state index in [4.69, 9.17) is 22.4 Å². The molecule has 1 aromatic rings. The molecule has 0 aliphatic heterocycles. The van der Waals surface area contributed by atoms with Crippen molar-refractivity contribution in [2.24, 2.45) is 0 Å². The third kappa shape index (κ3) is 2.84. The number of nitrogens with two attached hydrogens (primary N) is 1. The lowest BCUT2D eigenvalue weighted by Crippen LogP contribution is -2.35. The lowest BCUT2D eigenvalue weighted by atomic mass is 10.2. The highest BCUT2D eigenvalue weighted by Crippen LogP contribution is 2.22. The molecule has 1 rings (SSSR count). The number of aliphatic hydroxyl groups is 1. The maximum atomic E-state index is 11.6. The largest absolute Gasteiger partial charge is 0.398 e. The number of halogens is 1. The van der Waals surface area contributed by atoms with Gasteiger partial charge in [0.05, 0.1) is 22.9 Å². The molecule has 15 heavy (non-hydrogen) atoms. The Morgan fingerprint density at radius 1 is 1.67 bits per heavy atom. The third-order valence-corrected chi connectivity index (χ3v) is 2.35. The molecule has 1 atom stereocenters. The van der Waals surface area contributed by atoms with Crippen molar-refractivity contribution in [2.45, 2.75) is 13.0 Å². The summed E-state index contributed by atoms with van der Waals surface area (Å²) in [5.41, 5.74) is 6.24. The number of hydrogen-bond acceptors (Lipinski definition) is 3. The number of aliphatic hydroxyl groups excluding tert-OH is 1. The van der Waals surface area contributed by atoms with Crippen LogP contribution >= 0.6 is 11.6 Å². The molecule has 0 spiro atoms. The molecule has 4 N–H and O–H groups in total. The van der Waals surface area contributed by atoms with Crippen molar-refractivity contribution < 1.29 is 9.90 Å². The minimum absolute atomic E-state index is 0.119. The molecule has 1 aromatic carbocycles. The second kappa shape index (κ2) is 5.00. The number of nitrogen functional groups attached to an aromatic ring is 1. The predicted octanol–water partition coefficient (Wildman–Crippen LogP) is 1.03. The second-order valence-corrected chi connectivity index (χ2v) is 3.64. The fourth-order valence-corrected chi connectivity index (χ4v) is 1.28. The van der Waals surface area contributed by atoms with Gasteiger partial charge in [0.15, 0.2) is 0 Å². The van der Waals surface area contributed by atoms with E-state index in [1.54, 1.807) is 25.1 Å². The first kappa shape index (κ1) is 11.8. The number of nitrogens with one attached hydrogen (secondary N) is 1. The van der Waals surface area contributed by atoms with Crippen LogP contribution in [0.4, 0.5) is 5.69 Å². The number of hydrogen-bond donors (Lipinski definition) is 3. The molecule has 0 unspecified atom stereocenters. The number of carbonyl (C=O) groups excluding carboxylic acids is 1. The lowest BCUT2D eigenvalue weighted by Gasteiger charge is -2.12. The van der Waals surface area contributed by atoms with Gasteiger partial charge < -0.3 is 16.2 Å². The van der Waals surface area contributed by atoms with E-state index >= 15 is 0 Å². The van der Waals surface area contributed by atoms with Gasteiger partial charge in [-0.1, -0.05) is 17.7 Å². The van der Waals surface area contributed by atoms with Gasteiger partial charge in [0.2, 0.25) is 0 Å². The Balaban J connectivity index is 2.87. The first-order chi connectivity index (χ1) is 7.06. The van der Waals surface area contributed by atoms with Gasteiger partial charge in [-0.3, -0.25) is 4.79 Å². The summed E-state index contributed by atoms with van der Waals surface area (Å²) in [4.78, 5) is 11.6. The van der Waals surface area contributed by atoms with E-state index in [2.05, 4.69) is 5.32 Å². The van der Waals surface area contributed by atoms with Crippen LogP contribution in [-0.4, -0.2) is 23.7 Å². The topological polar surface area (TPSA) is 75.3 Å². The van der Waals surface area contributed by atoms with Crippen LogP contribution < -0.4 is 11.1 Å². The van der Waals surface area contributed by atoms with Crippen molar-refractivity contribution in [1.82, 2.24) is 5.32 Å². The standard InChI is InChI=1S/C10H13ClN2O2/c1-6(5-14)13-10(15)7-3-2-4-8(12)9(7)11/h2-4,6,14H,5,12H2,1H3,(H,13,15)/t6-/m1/s1. The SMILES string of the molecule is C[C@H](CO)NC(=O)c1cccc(N)c1Cl. The van der Waals surface area contributed by atoms with Crippen LogP contribution in [0.25, 0.3) is 0 Å². The molecule has 0 fully saturated rings. The minimum Gasteiger partial charge on any atom is -0.398 e. The highest BCUT2D eigenvalue weighted by Gasteiger charge is 2.13. The zero-order chi connectivity index (χ0) is 11.4. The molecule has 5 heteroatoms. The van der Waals surface area contributed by atoms with E-state index in [-0.39, 0.29) is 23.6 Å². The molecule has 1 amide bonds. The van der Waals surface area contributed by atoms with Crippen LogP contribution in [-0.2, 0) is 0 Å². The summed E-state index contributed by atoms with van der Waals surface area (Å²) in [6.45, 7) is 1.57. The molecule has 0 aliphatic carbocycles. The molecular weight excluding hydrogens is 216 g/mol. The Morgan fingerprint density at radius 2 is 2.33 bits per heavy atom. The second-order valence-electron chi connectivity index (χ2n) is 3.27. The summed E-state index contributed by atoms with van der Waals surface area (Å²) >= 11 is 5.87. The lowest BCUT2D eigenvalue weighted by molar-refractivity contribution is 0.0922. The molecule has 0 saturated heterocycles. The van der Waals surface area contributed by atoms with Gasteiger partial charge in [-0.05, 0) is 19.1 Å². The zero-order valence-corrected chi connectivity index (χ0v) is 9.08. The molecular formula is C10H13ClN2O2. The molecule has 82 valence electrons. The average Bonchev–Trinajstić information content (AvgIpc) is 2.21. The van der Waals surface area contributed by atoms with Crippen molar-refractivity contribution >= 4 is 23.2 Å². The van der Waals surface area contributed by atoms with Gasteiger partial charge in [-0.2, -0.15) is 0 Å². The number of benzene rings is 1. The molecule has 0 aliphatic rings. The Morgan fingerprint density at radius 3 is 2.93 bits per heavy atom. The van der Waals surface area contributed by atoms with Gasteiger partial charge in [0.1, 0.15) is 0 Å². The van der Waals surface area contributed by atoms with Gasteiger partial charge in [-0.25, -0.2) is 0 Å². The fourth-order valence-electron chi connectivity index (χ4n) is 1.07. The van der Waals surface area contributed by atoms with Crippen LogP contribution in [0.1, 0.15) is 17.3 Å². The first-order valence-electron chi connectivity index (χ1n) is 4.52. The quantitative estimate of drug-likeness (QED) is 0.677. The van der Waals surface area contributed by atoms with Gasteiger partial charge in [0, 0.05) is 6.04 Å². The maximum absolute atomic E-state index is 11.6. The van der Waals surface area contributed by atoms with E-state index in [0.717, 1.165) is 0 Å². The summed E-state index contributed by atoms with van der Waals surface area (Å²) in [7, 11) is 0. The third-order valence-electron chi connectivity index (χ3n) is 1.92.